The summed E-state index contributed by atoms with van der Waals surface area (Å²) in [5, 5.41) is 0.562. The highest BCUT2D eigenvalue weighted by Crippen LogP contribution is 2.38. The number of hydrogen-bond acceptors (Lipinski definition) is 4. The van der Waals surface area contributed by atoms with Crippen LogP contribution in [0, 0.1) is 0 Å². The first-order chi connectivity index (χ1) is 14.5. The van der Waals surface area contributed by atoms with Gasteiger partial charge in [-0.15, -0.1) is 0 Å². The second-order valence-electron chi connectivity index (χ2n) is 8.61. The molecule has 2 aromatic rings. The molecular weight excluding hydrogens is 400 g/mol. The van der Waals surface area contributed by atoms with E-state index >= 15 is 0 Å². The molecule has 3 aliphatic heterocycles. The Balaban J connectivity index is 1.32. The fraction of sp³-hybridized carbons (Fsp3) is 0.458. The number of halogens is 1. The largest absolute Gasteiger partial charge is 0.497 e. The topological polar surface area (TPSA) is 42.0 Å². The predicted octanol–water partition coefficient (Wildman–Crippen LogP) is 4.56. The van der Waals surface area contributed by atoms with Crippen LogP contribution in [-0.4, -0.2) is 49.7 Å². The quantitative estimate of drug-likeness (QED) is 0.719. The molecule has 2 fully saturated rings. The molecule has 2 saturated heterocycles. The van der Waals surface area contributed by atoms with Crippen molar-refractivity contribution in [1.29, 1.82) is 0 Å². The molecule has 3 heterocycles. The van der Waals surface area contributed by atoms with E-state index in [1.807, 2.05) is 36.4 Å². The van der Waals surface area contributed by atoms with Crippen LogP contribution in [0.4, 0.5) is 5.69 Å². The number of anilines is 1. The molecule has 158 valence electrons. The van der Waals surface area contributed by atoms with Crippen molar-refractivity contribution in [1.82, 2.24) is 4.90 Å². The molecule has 2 unspecified atom stereocenters. The van der Waals surface area contributed by atoms with Crippen molar-refractivity contribution in [2.45, 2.75) is 50.3 Å². The summed E-state index contributed by atoms with van der Waals surface area (Å²) >= 11 is 6.58. The van der Waals surface area contributed by atoms with Crippen LogP contribution in [0.15, 0.2) is 36.4 Å². The SMILES string of the molecule is COc1ccc2c(c1)CCN(c1ccc(OC3CC4CCC(C3)N4C)c(Cl)c1)C2=O. The van der Waals surface area contributed by atoms with Crippen molar-refractivity contribution in [3.05, 3.63) is 52.5 Å². The van der Waals surface area contributed by atoms with Crippen LogP contribution in [0.2, 0.25) is 5.02 Å². The number of benzene rings is 2. The molecule has 2 bridgehead atoms. The molecule has 2 aromatic carbocycles. The highest BCUT2D eigenvalue weighted by molar-refractivity contribution is 6.32. The van der Waals surface area contributed by atoms with Crippen LogP contribution >= 0.6 is 11.6 Å². The number of amides is 1. The lowest BCUT2D eigenvalue weighted by Crippen LogP contribution is -2.43. The summed E-state index contributed by atoms with van der Waals surface area (Å²) < 4.78 is 11.6. The number of carbonyl (C=O) groups is 1. The van der Waals surface area contributed by atoms with E-state index in [2.05, 4.69) is 11.9 Å². The molecule has 0 N–H and O–H groups in total. The van der Waals surface area contributed by atoms with E-state index < -0.39 is 0 Å². The van der Waals surface area contributed by atoms with E-state index in [1.54, 1.807) is 12.0 Å². The Morgan fingerprint density at radius 2 is 1.83 bits per heavy atom. The Kier molecular flexibility index (Phi) is 5.11. The average molecular weight is 427 g/mol. The van der Waals surface area contributed by atoms with Gasteiger partial charge in [0, 0.05) is 29.9 Å². The number of methoxy groups -OCH3 is 1. The van der Waals surface area contributed by atoms with E-state index in [0.717, 1.165) is 41.8 Å². The van der Waals surface area contributed by atoms with Gasteiger partial charge in [0.25, 0.3) is 5.91 Å². The Labute approximate surface area is 182 Å². The van der Waals surface area contributed by atoms with Crippen LogP contribution in [0.25, 0.3) is 0 Å². The smallest absolute Gasteiger partial charge is 0.258 e. The van der Waals surface area contributed by atoms with Gasteiger partial charge >= 0.3 is 0 Å². The van der Waals surface area contributed by atoms with Crippen molar-refractivity contribution in [3.63, 3.8) is 0 Å². The zero-order valence-corrected chi connectivity index (χ0v) is 18.2. The van der Waals surface area contributed by atoms with E-state index in [9.17, 15) is 4.79 Å². The molecule has 5 rings (SSSR count). The van der Waals surface area contributed by atoms with Crippen LogP contribution in [0.1, 0.15) is 41.6 Å². The van der Waals surface area contributed by atoms with Crippen molar-refractivity contribution in [2.24, 2.45) is 0 Å². The Bertz CT molecular complexity index is 965. The van der Waals surface area contributed by atoms with Gasteiger partial charge in [0.05, 0.1) is 12.1 Å². The number of fused-ring (bicyclic) bond motifs is 3. The highest BCUT2D eigenvalue weighted by atomic mass is 35.5. The normalized spacial score (nSPS) is 25.9. The minimum Gasteiger partial charge on any atom is -0.497 e. The third-order valence-electron chi connectivity index (χ3n) is 6.97. The third kappa shape index (κ3) is 3.44. The summed E-state index contributed by atoms with van der Waals surface area (Å²) in [6.45, 7) is 0.619. The van der Waals surface area contributed by atoms with Crippen molar-refractivity contribution in [3.8, 4) is 11.5 Å². The molecule has 5 nitrogen and oxygen atoms in total. The summed E-state index contributed by atoms with van der Waals surface area (Å²) in [7, 11) is 3.87. The number of ether oxygens (including phenoxy) is 2. The molecule has 30 heavy (non-hydrogen) atoms. The first-order valence-electron chi connectivity index (χ1n) is 10.7. The Morgan fingerprint density at radius 1 is 1.07 bits per heavy atom. The molecule has 2 atom stereocenters. The van der Waals surface area contributed by atoms with Crippen molar-refractivity contribution < 1.29 is 14.3 Å². The maximum atomic E-state index is 13.0. The zero-order chi connectivity index (χ0) is 20.8. The number of carbonyl (C=O) groups excluding carboxylic acids is 1. The molecular formula is C24H27ClN2O3. The molecule has 0 aliphatic carbocycles. The number of hydrogen-bond donors (Lipinski definition) is 0. The molecule has 0 aromatic heterocycles. The van der Waals surface area contributed by atoms with E-state index in [4.69, 9.17) is 21.1 Å². The summed E-state index contributed by atoms with van der Waals surface area (Å²) in [6.07, 6.45) is 5.62. The molecule has 0 radical (unpaired) electrons. The molecule has 0 saturated carbocycles. The minimum atomic E-state index is -0.00414. The second kappa shape index (κ2) is 7.78. The number of piperidine rings is 1. The van der Waals surface area contributed by atoms with Gasteiger partial charge in [-0.05, 0) is 81.1 Å². The fourth-order valence-electron chi connectivity index (χ4n) is 5.23. The number of rotatable bonds is 4. The van der Waals surface area contributed by atoms with Gasteiger partial charge < -0.3 is 19.3 Å². The van der Waals surface area contributed by atoms with Gasteiger partial charge in [0.15, 0.2) is 0 Å². The first kappa shape index (κ1) is 19.7. The predicted molar refractivity (Wildman–Crippen MR) is 118 cm³/mol. The van der Waals surface area contributed by atoms with Crippen molar-refractivity contribution in [2.75, 3.05) is 25.6 Å². The third-order valence-corrected chi connectivity index (χ3v) is 7.26. The van der Waals surface area contributed by atoms with Gasteiger partial charge in [0.1, 0.15) is 17.6 Å². The molecule has 0 spiro atoms. The lowest BCUT2D eigenvalue weighted by atomic mass is 9.98. The molecule has 1 amide bonds. The van der Waals surface area contributed by atoms with Crippen LogP contribution in [0.3, 0.4) is 0 Å². The first-order valence-corrected chi connectivity index (χ1v) is 11.1. The maximum Gasteiger partial charge on any atom is 0.258 e. The van der Waals surface area contributed by atoms with Crippen LogP contribution in [-0.2, 0) is 6.42 Å². The maximum absolute atomic E-state index is 13.0. The highest BCUT2D eigenvalue weighted by Gasteiger charge is 2.39. The second-order valence-corrected chi connectivity index (χ2v) is 9.01. The molecule has 3 aliphatic rings. The van der Waals surface area contributed by atoms with Gasteiger partial charge in [-0.2, -0.15) is 0 Å². The van der Waals surface area contributed by atoms with Gasteiger partial charge in [-0.3, -0.25) is 4.79 Å². The summed E-state index contributed by atoms with van der Waals surface area (Å²) in [5.41, 5.74) is 2.56. The Hall–Kier alpha value is -2.24. The number of nitrogens with zero attached hydrogens (tertiary/aromatic N) is 2. The molecule has 6 heteroatoms. The van der Waals surface area contributed by atoms with E-state index in [0.29, 0.717) is 29.4 Å². The minimum absolute atomic E-state index is 0.00414. The summed E-state index contributed by atoms with van der Waals surface area (Å²) in [4.78, 5) is 17.3. The summed E-state index contributed by atoms with van der Waals surface area (Å²) in [6, 6.07) is 12.6. The van der Waals surface area contributed by atoms with Gasteiger partial charge in [-0.1, -0.05) is 11.6 Å². The van der Waals surface area contributed by atoms with Gasteiger partial charge in [-0.25, -0.2) is 0 Å². The van der Waals surface area contributed by atoms with Crippen LogP contribution in [0.5, 0.6) is 11.5 Å². The standard InChI is InChI=1S/C24H27ClN2O3/c1-26-16-3-4-17(26)13-20(12-16)30-23-8-5-18(14-22(23)25)27-10-9-15-11-19(29-2)6-7-21(15)24(27)28/h5-8,11,14,16-17,20H,3-4,9-10,12-13H2,1-2H3. The monoisotopic (exact) mass is 426 g/mol. The zero-order valence-electron chi connectivity index (χ0n) is 17.4. The summed E-state index contributed by atoms with van der Waals surface area (Å²) in [5.74, 6) is 1.49. The average Bonchev–Trinajstić information content (AvgIpc) is 2.96. The van der Waals surface area contributed by atoms with Gasteiger partial charge in [0.2, 0.25) is 0 Å². The van der Waals surface area contributed by atoms with Crippen molar-refractivity contribution >= 4 is 23.2 Å². The lowest BCUT2D eigenvalue weighted by molar-refractivity contribution is 0.0662. The Morgan fingerprint density at radius 3 is 2.53 bits per heavy atom. The lowest BCUT2D eigenvalue weighted by Gasteiger charge is -2.36. The van der Waals surface area contributed by atoms with Crippen LogP contribution < -0.4 is 14.4 Å². The van der Waals surface area contributed by atoms with E-state index in [-0.39, 0.29) is 12.0 Å². The fourth-order valence-corrected chi connectivity index (χ4v) is 5.45. The van der Waals surface area contributed by atoms with E-state index in [1.165, 1.54) is 12.8 Å².